The number of ether oxygens (including phenoxy) is 1. The molecule has 6 heteroatoms. The van der Waals surface area contributed by atoms with Crippen molar-refractivity contribution in [3.8, 4) is 5.75 Å². The summed E-state index contributed by atoms with van der Waals surface area (Å²) in [6, 6.07) is 4.60. The molecule has 0 radical (unpaired) electrons. The zero-order valence-electron chi connectivity index (χ0n) is 11.2. The number of hydrogen-bond acceptors (Lipinski definition) is 5. The lowest BCUT2D eigenvalue weighted by molar-refractivity contribution is -0.385. The van der Waals surface area contributed by atoms with Crippen molar-refractivity contribution < 1.29 is 19.6 Å². The van der Waals surface area contributed by atoms with Crippen molar-refractivity contribution in [3.05, 3.63) is 33.9 Å². The predicted molar refractivity (Wildman–Crippen MR) is 71.3 cm³/mol. The summed E-state index contributed by atoms with van der Waals surface area (Å²) in [4.78, 5) is 18.1. The number of methoxy groups -OCH3 is 1. The summed E-state index contributed by atoms with van der Waals surface area (Å²) in [5.41, 5.74) is 0.379. The second-order valence-corrected chi connectivity index (χ2v) is 3.98. The van der Waals surface area contributed by atoms with Gasteiger partial charge in [-0.25, -0.2) is 0 Å². The maximum absolute atomic E-state index is 10.6. The van der Waals surface area contributed by atoms with Gasteiger partial charge in [-0.2, -0.15) is 0 Å². The summed E-state index contributed by atoms with van der Waals surface area (Å²) in [6.45, 7) is 3.97. The van der Waals surface area contributed by atoms with E-state index in [4.69, 9.17) is 9.53 Å². The van der Waals surface area contributed by atoms with Gasteiger partial charge in [0.2, 0.25) is 0 Å². The molecule has 0 amide bonds. The summed E-state index contributed by atoms with van der Waals surface area (Å²) < 4.78 is 5.11. The topological polar surface area (TPSA) is 89.7 Å². The molecule has 0 aromatic heterocycles. The maximum Gasteiger partial charge on any atom is 0.310 e. The Kier molecular flexibility index (Phi) is 8.12. The van der Waals surface area contributed by atoms with Gasteiger partial charge >= 0.3 is 5.69 Å². The van der Waals surface area contributed by atoms with Gasteiger partial charge in [-0.05, 0) is 26.2 Å². The number of aryl methyl sites for hydroxylation is 1. The first-order valence-corrected chi connectivity index (χ1v) is 5.83. The Balaban J connectivity index is 0.00000154. The van der Waals surface area contributed by atoms with Gasteiger partial charge in [0.15, 0.2) is 5.75 Å². The number of rotatable bonds is 6. The van der Waals surface area contributed by atoms with E-state index in [1.807, 2.05) is 13.7 Å². The lowest BCUT2D eigenvalue weighted by Crippen LogP contribution is -2.04. The molecule has 0 bridgehead atoms. The molecule has 0 spiro atoms. The van der Waals surface area contributed by atoms with Gasteiger partial charge in [0.1, 0.15) is 6.79 Å². The van der Waals surface area contributed by atoms with E-state index in [0.29, 0.717) is 12.0 Å². The molecular formula is C13H19NO5. The highest BCUT2D eigenvalue weighted by molar-refractivity contribution is 5.50. The largest absolute Gasteiger partial charge is 0.502 e. The van der Waals surface area contributed by atoms with E-state index in [1.165, 1.54) is 6.07 Å². The standard InChI is InChI=1S/C12H17NO4.CH2O/c1-9(17-2)5-3-6-10-7-4-8-11(12(10)14)13(15)16;1-2/h4,7-9,14H,3,5-6H2,1-2H3;1H2. The SMILES string of the molecule is C=O.COC(C)CCCc1cccc([N+](=O)[O-])c1O. The number of hydrogen-bond donors (Lipinski definition) is 1. The van der Waals surface area contributed by atoms with E-state index in [0.717, 1.165) is 12.8 Å². The molecule has 19 heavy (non-hydrogen) atoms. The number of nitro groups is 1. The Bertz CT molecular complexity index is 408. The van der Waals surface area contributed by atoms with Crippen molar-refractivity contribution in [2.45, 2.75) is 32.3 Å². The molecule has 0 aliphatic carbocycles. The first-order valence-electron chi connectivity index (χ1n) is 5.83. The van der Waals surface area contributed by atoms with Crippen molar-refractivity contribution >= 4 is 12.5 Å². The number of phenolic OH excluding ortho intramolecular Hbond substituents is 1. The molecule has 0 saturated carbocycles. The van der Waals surface area contributed by atoms with Crippen LogP contribution in [-0.4, -0.2) is 30.0 Å². The van der Waals surface area contributed by atoms with Crippen LogP contribution in [-0.2, 0) is 16.0 Å². The van der Waals surface area contributed by atoms with Gasteiger partial charge in [-0.15, -0.1) is 0 Å². The van der Waals surface area contributed by atoms with Crippen molar-refractivity contribution in [1.29, 1.82) is 0 Å². The van der Waals surface area contributed by atoms with E-state index in [1.54, 1.807) is 19.2 Å². The number of carbonyl (C=O) groups is 1. The smallest absolute Gasteiger partial charge is 0.310 e. The van der Waals surface area contributed by atoms with Gasteiger partial charge in [0.25, 0.3) is 0 Å². The van der Waals surface area contributed by atoms with Crippen LogP contribution in [0, 0.1) is 10.1 Å². The highest BCUT2D eigenvalue weighted by atomic mass is 16.6. The Morgan fingerprint density at radius 1 is 1.47 bits per heavy atom. The Hall–Kier alpha value is -1.95. The molecule has 0 fully saturated rings. The van der Waals surface area contributed by atoms with Gasteiger partial charge in [-0.3, -0.25) is 10.1 Å². The molecular weight excluding hydrogens is 250 g/mol. The maximum atomic E-state index is 10.6. The molecule has 106 valence electrons. The van der Waals surface area contributed by atoms with Crippen LogP contribution in [0.25, 0.3) is 0 Å². The summed E-state index contributed by atoms with van der Waals surface area (Å²) >= 11 is 0. The quantitative estimate of drug-likeness (QED) is 0.633. The van der Waals surface area contributed by atoms with Gasteiger partial charge in [0, 0.05) is 18.7 Å². The lowest BCUT2D eigenvalue weighted by Gasteiger charge is -2.09. The monoisotopic (exact) mass is 269 g/mol. The molecule has 0 aliphatic heterocycles. The molecule has 0 saturated heterocycles. The third-order valence-corrected chi connectivity index (χ3v) is 2.75. The zero-order chi connectivity index (χ0) is 14.8. The fourth-order valence-electron chi connectivity index (χ4n) is 1.62. The highest BCUT2D eigenvalue weighted by Gasteiger charge is 2.15. The summed E-state index contributed by atoms with van der Waals surface area (Å²) in [6.07, 6.45) is 2.46. The van der Waals surface area contributed by atoms with E-state index in [9.17, 15) is 15.2 Å². The summed E-state index contributed by atoms with van der Waals surface area (Å²) in [5.74, 6) is -0.220. The molecule has 1 atom stereocenters. The zero-order valence-corrected chi connectivity index (χ0v) is 11.2. The van der Waals surface area contributed by atoms with Crippen LogP contribution in [0.3, 0.4) is 0 Å². The molecule has 0 heterocycles. The van der Waals surface area contributed by atoms with Crippen LogP contribution in [0.5, 0.6) is 5.75 Å². The second-order valence-electron chi connectivity index (χ2n) is 3.98. The molecule has 1 rings (SSSR count). The summed E-state index contributed by atoms with van der Waals surface area (Å²) in [7, 11) is 1.65. The number of nitrogens with zero attached hydrogens (tertiary/aromatic N) is 1. The predicted octanol–water partition coefficient (Wildman–Crippen LogP) is 2.47. The number of phenols is 1. The molecule has 1 aromatic rings. The number of para-hydroxylation sites is 1. The van der Waals surface area contributed by atoms with Gasteiger partial charge in [0.05, 0.1) is 11.0 Å². The second kappa shape index (κ2) is 9.04. The number of aromatic hydroxyl groups is 1. The minimum atomic E-state index is -0.573. The lowest BCUT2D eigenvalue weighted by atomic mass is 10.0. The third-order valence-electron chi connectivity index (χ3n) is 2.75. The average molecular weight is 269 g/mol. The first-order chi connectivity index (χ1) is 9.06. The van der Waals surface area contributed by atoms with Gasteiger partial charge in [-0.1, -0.05) is 12.1 Å². The van der Waals surface area contributed by atoms with Crippen LogP contribution in [0.4, 0.5) is 5.69 Å². The fourth-order valence-corrected chi connectivity index (χ4v) is 1.62. The van der Waals surface area contributed by atoms with Crippen molar-refractivity contribution in [1.82, 2.24) is 0 Å². The van der Waals surface area contributed by atoms with Crippen molar-refractivity contribution in [2.75, 3.05) is 7.11 Å². The normalized spacial score (nSPS) is 11.3. The van der Waals surface area contributed by atoms with Crippen LogP contribution < -0.4 is 0 Å². The van der Waals surface area contributed by atoms with E-state index in [2.05, 4.69) is 0 Å². The van der Waals surface area contributed by atoms with Crippen LogP contribution in [0.2, 0.25) is 0 Å². The Labute approximate surface area is 112 Å². The van der Waals surface area contributed by atoms with Crippen LogP contribution >= 0.6 is 0 Å². The minimum Gasteiger partial charge on any atom is -0.502 e. The number of nitro benzene ring substituents is 1. The molecule has 6 nitrogen and oxygen atoms in total. The Morgan fingerprint density at radius 3 is 2.63 bits per heavy atom. The highest BCUT2D eigenvalue weighted by Crippen LogP contribution is 2.30. The minimum absolute atomic E-state index is 0.163. The van der Waals surface area contributed by atoms with E-state index in [-0.39, 0.29) is 17.5 Å². The third kappa shape index (κ3) is 5.48. The molecule has 0 aliphatic rings. The number of benzene rings is 1. The Morgan fingerprint density at radius 2 is 2.11 bits per heavy atom. The number of carbonyl (C=O) groups excluding carboxylic acids is 1. The fraction of sp³-hybridized carbons (Fsp3) is 0.462. The summed E-state index contributed by atoms with van der Waals surface area (Å²) in [5, 5.41) is 20.3. The van der Waals surface area contributed by atoms with Crippen molar-refractivity contribution in [2.24, 2.45) is 0 Å². The average Bonchev–Trinajstić information content (AvgIpc) is 2.42. The van der Waals surface area contributed by atoms with Crippen molar-refractivity contribution in [3.63, 3.8) is 0 Å². The molecule has 1 N–H and O–H groups in total. The first kappa shape index (κ1) is 17.1. The van der Waals surface area contributed by atoms with Gasteiger partial charge < -0.3 is 14.6 Å². The van der Waals surface area contributed by atoms with Crippen LogP contribution in [0.1, 0.15) is 25.3 Å². The molecule has 1 aromatic carbocycles. The van der Waals surface area contributed by atoms with E-state index < -0.39 is 4.92 Å². The van der Waals surface area contributed by atoms with Crippen LogP contribution in [0.15, 0.2) is 18.2 Å². The molecule has 1 unspecified atom stereocenters. The van der Waals surface area contributed by atoms with E-state index >= 15 is 0 Å².